The highest BCUT2D eigenvalue weighted by molar-refractivity contribution is 7.92. The first-order valence-corrected chi connectivity index (χ1v) is 17.6. The highest BCUT2D eigenvalue weighted by Gasteiger charge is 2.35. The summed E-state index contributed by atoms with van der Waals surface area (Å²) in [5.41, 5.74) is 3.65. The maximum atomic E-state index is 14.6. The summed E-state index contributed by atoms with van der Waals surface area (Å²) in [6.45, 7) is 3.22. The van der Waals surface area contributed by atoms with Crippen LogP contribution in [0.25, 0.3) is 0 Å². The number of hydrogen-bond donors (Lipinski definition) is 1. The number of sulfonamides is 1. The largest absolute Gasteiger partial charge is 0.352 e. The van der Waals surface area contributed by atoms with Gasteiger partial charge in [-0.3, -0.25) is 13.9 Å². The molecule has 0 aromatic heterocycles. The number of nitrogens with one attached hydrogen (secondary N) is 1. The van der Waals surface area contributed by atoms with Gasteiger partial charge in [0.15, 0.2) is 0 Å². The monoisotopic (exact) mass is 655 g/mol. The fourth-order valence-electron chi connectivity index (χ4n) is 5.96. The molecule has 1 saturated carbocycles. The van der Waals surface area contributed by atoms with Crippen molar-refractivity contribution in [1.29, 1.82) is 0 Å². The molecular formula is C38H42FN3O4S. The Morgan fingerprint density at radius 2 is 1.38 bits per heavy atom. The maximum absolute atomic E-state index is 14.6. The van der Waals surface area contributed by atoms with E-state index in [-0.39, 0.29) is 29.8 Å². The summed E-state index contributed by atoms with van der Waals surface area (Å²) in [4.78, 5) is 30.2. The van der Waals surface area contributed by atoms with Gasteiger partial charge >= 0.3 is 0 Å². The summed E-state index contributed by atoms with van der Waals surface area (Å²) < 4.78 is 43.4. The number of rotatable bonds is 12. The van der Waals surface area contributed by atoms with E-state index in [1.165, 1.54) is 29.2 Å². The summed E-state index contributed by atoms with van der Waals surface area (Å²) >= 11 is 0. The third-order valence-corrected chi connectivity index (χ3v) is 10.5. The summed E-state index contributed by atoms with van der Waals surface area (Å²) in [5.74, 6) is -1.26. The number of carbonyl (C=O) groups excluding carboxylic acids is 2. The Morgan fingerprint density at radius 3 is 2.00 bits per heavy atom. The number of hydrogen-bond acceptors (Lipinski definition) is 4. The quantitative estimate of drug-likeness (QED) is 0.184. The summed E-state index contributed by atoms with van der Waals surface area (Å²) in [5, 5.41) is 3.20. The first kappa shape index (κ1) is 33.9. The molecule has 0 aliphatic heterocycles. The molecule has 1 atom stereocenters. The van der Waals surface area contributed by atoms with Crippen LogP contribution in [0.15, 0.2) is 108 Å². The van der Waals surface area contributed by atoms with E-state index in [9.17, 15) is 22.4 Å². The van der Waals surface area contributed by atoms with Crippen molar-refractivity contribution in [1.82, 2.24) is 10.2 Å². The molecule has 0 saturated heterocycles. The predicted molar refractivity (Wildman–Crippen MR) is 183 cm³/mol. The minimum atomic E-state index is -4.18. The minimum Gasteiger partial charge on any atom is -0.352 e. The highest BCUT2D eigenvalue weighted by atomic mass is 32.2. The van der Waals surface area contributed by atoms with E-state index in [2.05, 4.69) is 5.32 Å². The SMILES string of the molecule is Cc1ccc(N(CC(=O)N(Cc2ccc(F)cc2)[C@@H](Cc2ccccc2)C(=O)NC2CCCCC2)S(=O)(=O)c2ccc(C)cc2)cc1. The molecule has 0 radical (unpaired) electrons. The number of amides is 2. The Kier molecular flexibility index (Phi) is 11.1. The van der Waals surface area contributed by atoms with E-state index in [4.69, 9.17) is 0 Å². The molecule has 47 heavy (non-hydrogen) atoms. The van der Waals surface area contributed by atoms with Gasteiger partial charge in [0.25, 0.3) is 10.0 Å². The molecular weight excluding hydrogens is 614 g/mol. The maximum Gasteiger partial charge on any atom is 0.264 e. The van der Waals surface area contributed by atoms with Gasteiger partial charge < -0.3 is 10.2 Å². The lowest BCUT2D eigenvalue weighted by molar-refractivity contribution is -0.140. The lowest BCUT2D eigenvalue weighted by Crippen LogP contribution is -2.55. The molecule has 0 heterocycles. The van der Waals surface area contributed by atoms with Crippen molar-refractivity contribution in [3.63, 3.8) is 0 Å². The molecule has 1 aliphatic rings. The Hall–Kier alpha value is -4.50. The Bertz CT molecular complexity index is 1740. The first-order chi connectivity index (χ1) is 22.6. The number of halogens is 1. The van der Waals surface area contributed by atoms with Gasteiger partial charge in [-0.25, -0.2) is 12.8 Å². The summed E-state index contributed by atoms with van der Waals surface area (Å²) in [6, 6.07) is 27.7. The lowest BCUT2D eigenvalue weighted by Gasteiger charge is -2.35. The van der Waals surface area contributed by atoms with Crippen molar-refractivity contribution in [3.8, 4) is 0 Å². The van der Waals surface area contributed by atoms with E-state index >= 15 is 0 Å². The fraction of sp³-hybridized carbons (Fsp3) is 0.316. The average molecular weight is 656 g/mol. The van der Waals surface area contributed by atoms with Gasteiger partial charge in [0, 0.05) is 19.0 Å². The lowest BCUT2D eigenvalue weighted by atomic mass is 9.94. The molecule has 5 rings (SSSR count). The second kappa shape index (κ2) is 15.4. The number of nitrogens with zero attached hydrogens (tertiary/aromatic N) is 2. The molecule has 4 aromatic rings. The standard InChI is InChI=1S/C38H42FN3O4S/c1-28-13-21-34(22-14-28)42(47(45,46)35-23-15-29(2)16-24-35)27-37(43)41(26-31-17-19-32(39)20-18-31)36(25-30-9-5-3-6-10-30)38(44)40-33-11-7-4-8-12-33/h3,5-6,9-10,13-24,33,36H,4,7-8,11-12,25-27H2,1-2H3,(H,40,44)/t36-/m0/s1. The molecule has 1 aliphatic carbocycles. The van der Waals surface area contributed by atoms with E-state index in [1.807, 2.05) is 44.2 Å². The van der Waals surface area contributed by atoms with Crippen molar-refractivity contribution in [2.75, 3.05) is 10.8 Å². The Labute approximate surface area is 277 Å². The summed E-state index contributed by atoms with van der Waals surface area (Å²) in [6.07, 6.45) is 5.13. The van der Waals surface area contributed by atoms with Crippen LogP contribution >= 0.6 is 0 Å². The molecule has 0 spiro atoms. The van der Waals surface area contributed by atoms with Crippen LogP contribution in [0.4, 0.5) is 10.1 Å². The van der Waals surface area contributed by atoms with Gasteiger partial charge in [-0.15, -0.1) is 0 Å². The highest BCUT2D eigenvalue weighted by Crippen LogP contribution is 2.26. The van der Waals surface area contributed by atoms with E-state index < -0.39 is 34.3 Å². The third-order valence-electron chi connectivity index (χ3n) is 8.70. The van der Waals surface area contributed by atoms with Crippen LogP contribution in [-0.4, -0.2) is 43.8 Å². The number of anilines is 1. The van der Waals surface area contributed by atoms with Crippen LogP contribution in [0.3, 0.4) is 0 Å². The van der Waals surface area contributed by atoms with Crippen molar-refractivity contribution >= 4 is 27.5 Å². The zero-order valence-electron chi connectivity index (χ0n) is 26.9. The second-order valence-electron chi connectivity index (χ2n) is 12.4. The van der Waals surface area contributed by atoms with Crippen LogP contribution in [0.1, 0.15) is 54.4 Å². The van der Waals surface area contributed by atoms with Crippen molar-refractivity contribution in [3.05, 3.63) is 131 Å². The topological polar surface area (TPSA) is 86.8 Å². The second-order valence-corrected chi connectivity index (χ2v) is 14.2. The first-order valence-electron chi connectivity index (χ1n) is 16.1. The van der Waals surface area contributed by atoms with Crippen LogP contribution in [0.5, 0.6) is 0 Å². The zero-order chi connectivity index (χ0) is 33.4. The zero-order valence-corrected chi connectivity index (χ0v) is 27.8. The van der Waals surface area contributed by atoms with Crippen LogP contribution in [0.2, 0.25) is 0 Å². The van der Waals surface area contributed by atoms with E-state index in [0.717, 1.165) is 53.1 Å². The molecule has 0 bridgehead atoms. The van der Waals surface area contributed by atoms with Gasteiger partial charge in [-0.2, -0.15) is 0 Å². The predicted octanol–water partition coefficient (Wildman–Crippen LogP) is 6.73. The third kappa shape index (κ3) is 8.86. The van der Waals surface area contributed by atoms with Gasteiger partial charge in [0.05, 0.1) is 10.6 Å². The molecule has 1 fully saturated rings. The molecule has 246 valence electrons. The van der Waals surface area contributed by atoms with Gasteiger partial charge in [0.1, 0.15) is 18.4 Å². The van der Waals surface area contributed by atoms with Crippen LogP contribution in [-0.2, 0) is 32.6 Å². The summed E-state index contributed by atoms with van der Waals surface area (Å²) in [7, 11) is -4.18. The van der Waals surface area contributed by atoms with Crippen molar-refractivity contribution in [2.45, 2.75) is 75.9 Å². The fourth-order valence-corrected chi connectivity index (χ4v) is 7.38. The van der Waals surface area contributed by atoms with Gasteiger partial charge in [0.2, 0.25) is 11.8 Å². The molecule has 1 N–H and O–H groups in total. The molecule has 4 aromatic carbocycles. The smallest absolute Gasteiger partial charge is 0.264 e. The number of aryl methyl sites for hydroxylation is 2. The van der Waals surface area contributed by atoms with E-state index in [0.29, 0.717) is 11.3 Å². The normalized spacial score (nSPS) is 14.3. The van der Waals surface area contributed by atoms with E-state index in [1.54, 1.807) is 48.5 Å². The molecule has 9 heteroatoms. The van der Waals surface area contributed by atoms with Crippen molar-refractivity contribution in [2.24, 2.45) is 0 Å². The van der Waals surface area contributed by atoms with Gasteiger partial charge in [-0.05, 0) is 74.2 Å². The molecule has 0 unspecified atom stereocenters. The Balaban J connectivity index is 1.55. The van der Waals surface area contributed by atoms with Crippen LogP contribution < -0.4 is 9.62 Å². The number of carbonyl (C=O) groups is 2. The average Bonchev–Trinajstić information content (AvgIpc) is 3.07. The van der Waals surface area contributed by atoms with Crippen molar-refractivity contribution < 1.29 is 22.4 Å². The van der Waals surface area contributed by atoms with Crippen LogP contribution in [0, 0.1) is 19.7 Å². The Morgan fingerprint density at radius 1 is 0.787 bits per heavy atom. The molecule has 7 nitrogen and oxygen atoms in total. The minimum absolute atomic E-state index is 0.00303. The molecule has 2 amide bonds. The van der Waals surface area contributed by atoms with Gasteiger partial charge in [-0.1, -0.05) is 97.1 Å². The number of benzene rings is 4.